The molecular formula is C25H30F4N8O2. The van der Waals surface area contributed by atoms with Gasteiger partial charge in [0, 0.05) is 31.5 Å². The van der Waals surface area contributed by atoms with Gasteiger partial charge in [0.05, 0.1) is 56.1 Å². The summed E-state index contributed by atoms with van der Waals surface area (Å²) in [5, 5.41) is 11.2. The number of likely N-dealkylation sites (tertiary alicyclic amines) is 1. The summed E-state index contributed by atoms with van der Waals surface area (Å²) >= 11 is 0. The molecule has 3 fully saturated rings. The lowest BCUT2D eigenvalue weighted by molar-refractivity contribution is -0.0833. The number of hydrogen-bond donors (Lipinski definition) is 2. The van der Waals surface area contributed by atoms with Gasteiger partial charge in [-0.2, -0.15) is 10.1 Å². The maximum absolute atomic E-state index is 15.4. The fraction of sp³-hybridized carbons (Fsp3) is 0.600. The van der Waals surface area contributed by atoms with E-state index in [4.69, 9.17) is 15.3 Å². The summed E-state index contributed by atoms with van der Waals surface area (Å²) in [6.45, 7) is 2.27. The molecular weight excluding hydrogens is 520 g/mol. The van der Waals surface area contributed by atoms with E-state index in [0.717, 1.165) is 6.54 Å². The maximum Gasteiger partial charge on any atom is 0.252 e. The molecule has 2 aliphatic carbocycles. The van der Waals surface area contributed by atoms with Crippen LogP contribution in [0.25, 0.3) is 11.1 Å². The zero-order valence-corrected chi connectivity index (χ0v) is 21.4. The molecule has 0 amide bonds. The van der Waals surface area contributed by atoms with Crippen LogP contribution in [0, 0.1) is 5.82 Å². The number of halogens is 4. The molecule has 2 aliphatic heterocycles. The summed E-state index contributed by atoms with van der Waals surface area (Å²) in [6, 6.07) is -0.783. The van der Waals surface area contributed by atoms with Crippen molar-refractivity contribution >= 4 is 28.5 Å². The third-order valence-electron chi connectivity index (χ3n) is 7.88. The largest absolute Gasteiger partial charge is 0.479 e. The van der Waals surface area contributed by atoms with Crippen molar-refractivity contribution in [2.24, 2.45) is 15.9 Å². The number of ether oxygens (including phenoxy) is 2. The van der Waals surface area contributed by atoms with Crippen LogP contribution in [0.15, 0.2) is 22.4 Å². The normalized spacial score (nSPS) is 28.4. The number of aliphatic imine (C=N–C) groups is 1. The number of alkyl halides is 3. The Balaban J connectivity index is 1.28. The van der Waals surface area contributed by atoms with Crippen molar-refractivity contribution in [1.29, 1.82) is 0 Å². The first kappa shape index (κ1) is 26.0. The first-order valence-corrected chi connectivity index (χ1v) is 13.0. The number of nitrogens with two attached hydrogens (primary N) is 1. The molecule has 2 aromatic heterocycles. The number of allylic oxidation sites excluding steroid dienone is 2. The third kappa shape index (κ3) is 4.95. The van der Waals surface area contributed by atoms with E-state index in [1.807, 2.05) is 0 Å². The van der Waals surface area contributed by atoms with Crippen molar-refractivity contribution in [1.82, 2.24) is 19.5 Å². The summed E-state index contributed by atoms with van der Waals surface area (Å²) in [4.78, 5) is 10.9. The van der Waals surface area contributed by atoms with E-state index in [-0.39, 0.29) is 42.8 Å². The highest BCUT2D eigenvalue weighted by molar-refractivity contribution is 6.48. The highest BCUT2D eigenvalue weighted by Crippen LogP contribution is 2.40. The van der Waals surface area contributed by atoms with Gasteiger partial charge in [0.15, 0.2) is 5.82 Å². The second-order valence-electron chi connectivity index (χ2n) is 10.5. The summed E-state index contributed by atoms with van der Waals surface area (Å²) < 4.78 is 69.1. The number of piperidine rings is 1. The summed E-state index contributed by atoms with van der Waals surface area (Å²) in [5.41, 5.74) is 1.94. The molecule has 2 atom stereocenters. The van der Waals surface area contributed by atoms with Crippen LogP contribution < -0.4 is 15.9 Å². The Hall–Kier alpha value is -3.26. The molecule has 210 valence electrons. The third-order valence-corrected chi connectivity index (χ3v) is 7.88. The van der Waals surface area contributed by atoms with Crippen LogP contribution in [0.3, 0.4) is 0 Å². The average Bonchev–Trinajstić information content (AvgIpc) is 3.18. The van der Waals surface area contributed by atoms with E-state index in [9.17, 15) is 13.2 Å². The molecule has 0 spiro atoms. The van der Waals surface area contributed by atoms with Crippen LogP contribution in [-0.2, 0) is 4.74 Å². The number of nitrogens with one attached hydrogen (secondary N) is 1. The highest BCUT2D eigenvalue weighted by atomic mass is 19.3. The number of fused-ring (bicyclic) bond motifs is 1. The van der Waals surface area contributed by atoms with Gasteiger partial charge in [-0.1, -0.05) is 0 Å². The number of methoxy groups -OCH3 is 1. The van der Waals surface area contributed by atoms with Crippen molar-refractivity contribution in [3.63, 3.8) is 0 Å². The predicted molar refractivity (Wildman–Crippen MR) is 137 cm³/mol. The fourth-order valence-corrected chi connectivity index (χ4v) is 5.61. The van der Waals surface area contributed by atoms with Crippen LogP contribution in [0.2, 0.25) is 0 Å². The Kier molecular flexibility index (Phi) is 6.69. The van der Waals surface area contributed by atoms with E-state index in [1.165, 1.54) is 17.8 Å². The lowest BCUT2D eigenvalue weighted by atomic mass is 9.87. The second-order valence-corrected chi connectivity index (χ2v) is 10.5. The molecule has 39 heavy (non-hydrogen) atoms. The van der Waals surface area contributed by atoms with Crippen molar-refractivity contribution in [3.05, 3.63) is 23.7 Å². The number of aromatic nitrogens is 3. The molecule has 2 saturated heterocycles. The molecule has 3 N–H and O–H groups in total. The lowest BCUT2D eigenvalue weighted by Crippen LogP contribution is -2.57. The first-order valence-electron chi connectivity index (χ1n) is 13.0. The first-order chi connectivity index (χ1) is 18.7. The maximum atomic E-state index is 15.4. The Bertz CT molecular complexity index is 1350. The molecule has 1 saturated carbocycles. The van der Waals surface area contributed by atoms with E-state index in [1.54, 1.807) is 6.08 Å². The summed E-state index contributed by atoms with van der Waals surface area (Å²) in [7, 11) is 1.41. The standard InChI is InChI=1S/C25H30F4N8O2/c1-38-23-22-21(13-2-3-19(34-30)20(6-13)31-14-7-25(28,29)8-14)17(27)10-37(22)35-24(33-23)32-18-4-5-36(9-16(18)26)15-11-39-12-15/h6,10,14-16,18H,2-5,7-9,11-12,30H2,1H3,(H,32,35)/b31-20?,34-19-/t16-,18-/m1/s1. The number of anilines is 1. The zero-order chi connectivity index (χ0) is 27.3. The molecule has 6 rings (SSSR count). The minimum absolute atomic E-state index is 0.113. The molecule has 0 unspecified atom stereocenters. The van der Waals surface area contributed by atoms with Crippen LogP contribution in [0.1, 0.15) is 37.7 Å². The predicted octanol–water partition coefficient (Wildman–Crippen LogP) is 2.83. The quantitative estimate of drug-likeness (QED) is 0.323. The zero-order valence-electron chi connectivity index (χ0n) is 21.4. The van der Waals surface area contributed by atoms with Gasteiger partial charge in [-0.15, -0.1) is 5.10 Å². The molecule has 4 aliphatic rings. The van der Waals surface area contributed by atoms with Crippen molar-refractivity contribution in [2.75, 3.05) is 38.7 Å². The topological polar surface area (TPSA) is 115 Å². The van der Waals surface area contributed by atoms with Gasteiger partial charge in [-0.25, -0.2) is 22.1 Å². The Labute approximate surface area is 221 Å². The number of hydrogen-bond acceptors (Lipinski definition) is 9. The van der Waals surface area contributed by atoms with Gasteiger partial charge in [0.2, 0.25) is 11.8 Å². The highest BCUT2D eigenvalue weighted by Gasteiger charge is 2.45. The van der Waals surface area contributed by atoms with Crippen LogP contribution in [-0.4, -0.2) is 94.6 Å². The molecule has 2 aromatic rings. The van der Waals surface area contributed by atoms with E-state index >= 15 is 4.39 Å². The Morgan fingerprint density at radius 3 is 2.69 bits per heavy atom. The van der Waals surface area contributed by atoms with Crippen molar-refractivity contribution < 1.29 is 27.0 Å². The molecule has 0 radical (unpaired) electrons. The average molecular weight is 551 g/mol. The fourth-order valence-electron chi connectivity index (χ4n) is 5.61. The van der Waals surface area contributed by atoms with Crippen LogP contribution in [0.4, 0.5) is 23.5 Å². The monoisotopic (exact) mass is 550 g/mol. The lowest BCUT2D eigenvalue weighted by Gasteiger charge is -2.42. The second kappa shape index (κ2) is 10.0. The van der Waals surface area contributed by atoms with Gasteiger partial charge in [-0.3, -0.25) is 9.89 Å². The van der Waals surface area contributed by atoms with Crippen molar-refractivity contribution in [3.8, 4) is 5.88 Å². The van der Waals surface area contributed by atoms with E-state index in [2.05, 4.69) is 30.4 Å². The molecule has 10 nitrogen and oxygen atoms in total. The Morgan fingerprint density at radius 2 is 2.05 bits per heavy atom. The van der Waals surface area contributed by atoms with E-state index < -0.39 is 30.0 Å². The number of rotatable bonds is 6. The van der Waals surface area contributed by atoms with E-state index in [0.29, 0.717) is 55.0 Å². The van der Waals surface area contributed by atoms with Gasteiger partial charge in [0.1, 0.15) is 11.7 Å². The van der Waals surface area contributed by atoms with Crippen LogP contribution in [0.5, 0.6) is 5.88 Å². The smallest absolute Gasteiger partial charge is 0.252 e. The molecule has 14 heteroatoms. The summed E-state index contributed by atoms with van der Waals surface area (Å²) in [5.74, 6) is 2.47. The Morgan fingerprint density at radius 1 is 1.26 bits per heavy atom. The SMILES string of the molecule is COc1nc(N[C@@H]2CCN(C3COC3)C[C@H]2F)nn2cc(F)c(C3=CC(=NC4CC(F)(F)C4)/C(=N\N)CC3)c12. The number of hydrazone groups is 1. The summed E-state index contributed by atoms with van der Waals surface area (Å²) in [6.07, 6.45) is 2.34. The van der Waals surface area contributed by atoms with Gasteiger partial charge < -0.3 is 20.6 Å². The van der Waals surface area contributed by atoms with Crippen LogP contribution >= 0.6 is 0 Å². The molecule has 0 bridgehead atoms. The van der Waals surface area contributed by atoms with Gasteiger partial charge >= 0.3 is 0 Å². The minimum atomic E-state index is -2.72. The molecule has 4 heterocycles. The minimum Gasteiger partial charge on any atom is -0.479 e. The molecule has 0 aromatic carbocycles. The van der Waals surface area contributed by atoms with Crippen molar-refractivity contribution in [2.45, 2.75) is 62.3 Å². The van der Waals surface area contributed by atoms with Gasteiger partial charge in [-0.05, 0) is 30.9 Å². The number of nitrogens with zero attached hydrogens (tertiary/aromatic N) is 6. The van der Waals surface area contributed by atoms with Gasteiger partial charge in [0.25, 0.3) is 5.92 Å².